The van der Waals surface area contributed by atoms with E-state index in [0.29, 0.717) is 23.5 Å². The van der Waals surface area contributed by atoms with Gasteiger partial charge in [0.2, 0.25) is 0 Å². The predicted molar refractivity (Wildman–Crippen MR) is 135 cm³/mol. The van der Waals surface area contributed by atoms with Crippen LogP contribution in [0.2, 0.25) is 0 Å². The first-order valence-corrected chi connectivity index (χ1v) is 11.9. The maximum Gasteiger partial charge on any atom is 0.0568 e. The highest BCUT2D eigenvalue weighted by atomic mass is 35.5. The Hall–Kier alpha value is -1.46. The minimum atomic E-state index is 0.563. The van der Waals surface area contributed by atoms with Gasteiger partial charge in [-0.05, 0) is 35.4 Å². The van der Waals surface area contributed by atoms with Gasteiger partial charge in [-0.25, -0.2) is 0 Å². The highest BCUT2D eigenvalue weighted by Gasteiger charge is 2.05. The predicted octanol–water partition coefficient (Wildman–Crippen LogP) is 5.71. The molecule has 0 saturated heterocycles. The molecule has 0 spiro atoms. The summed E-state index contributed by atoms with van der Waals surface area (Å²) in [5.74, 6) is 2.25. The number of rotatable bonds is 13. The van der Waals surface area contributed by atoms with Crippen LogP contribution in [0.15, 0.2) is 58.7 Å². The minimum Gasteiger partial charge on any atom is -0.369 e. The number of nitrogens with zero attached hydrogens (tertiary/aromatic N) is 4. The van der Waals surface area contributed by atoms with Crippen LogP contribution < -0.4 is 9.80 Å². The van der Waals surface area contributed by atoms with E-state index < -0.39 is 0 Å². The molecule has 4 nitrogen and oxygen atoms in total. The van der Waals surface area contributed by atoms with Gasteiger partial charge in [-0.15, -0.1) is 46.4 Å². The molecule has 0 radical (unpaired) electrons. The summed E-state index contributed by atoms with van der Waals surface area (Å²) in [4.78, 5) is 4.31. The number of benzene rings is 2. The molecule has 0 N–H and O–H groups in total. The summed E-state index contributed by atoms with van der Waals surface area (Å²) in [5.41, 5.74) is 4.13. The lowest BCUT2D eigenvalue weighted by atomic mass is 10.2. The molecule has 0 bridgehead atoms. The van der Waals surface area contributed by atoms with Gasteiger partial charge in [0.05, 0.1) is 12.4 Å². The van der Waals surface area contributed by atoms with Crippen molar-refractivity contribution in [3.05, 3.63) is 59.7 Å². The van der Waals surface area contributed by atoms with Crippen molar-refractivity contribution in [1.82, 2.24) is 0 Å². The quantitative estimate of drug-likeness (QED) is 0.206. The highest BCUT2D eigenvalue weighted by molar-refractivity contribution is 6.19. The average Bonchev–Trinajstić information content (AvgIpc) is 2.77. The number of halogens is 4. The smallest absolute Gasteiger partial charge is 0.0568 e. The SMILES string of the molecule is ClCCN(CCCl)c1ccc(/C=N/N=C/c2ccc(N(CCCl)CCCl)cc2)cc1. The fourth-order valence-corrected chi connectivity index (χ4v) is 3.71. The Morgan fingerprint density at radius 2 is 0.833 bits per heavy atom. The summed E-state index contributed by atoms with van der Waals surface area (Å²) in [6, 6.07) is 16.2. The van der Waals surface area contributed by atoms with Crippen LogP contribution in [0, 0.1) is 0 Å². The summed E-state index contributed by atoms with van der Waals surface area (Å²) in [7, 11) is 0. The molecule has 8 heteroatoms. The summed E-state index contributed by atoms with van der Waals surface area (Å²) in [6.45, 7) is 3.06. The Bertz CT molecular complexity index is 699. The second kappa shape index (κ2) is 14.5. The Labute approximate surface area is 199 Å². The Balaban J connectivity index is 1.94. The van der Waals surface area contributed by atoms with Crippen LogP contribution in [0.4, 0.5) is 11.4 Å². The molecule has 0 aliphatic heterocycles. The molecule has 30 heavy (non-hydrogen) atoms. The lowest BCUT2D eigenvalue weighted by Crippen LogP contribution is -2.27. The molecular weight excluding hydrogens is 462 g/mol. The van der Waals surface area contributed by atoms with Crippen LogP contribution in [0.5, 0.6) is 0 Å². The van der Waals surface area contributed by atoms with Crippen molar-refractivity contribution >= 4 is 70.2 Å². The van der Waals surface area contributed by atoms with Gasteiger partial charge >= 0.3 is 0 Å². The van der Waals surface area contributed by atoms with E-state index in [9.17, 15) is 0 Å². The lowest BCUT2D eigenvalue weighted by molar-refractivity contribution is 0.874. The van der Waals surface area contributed by atoms with E-state index in [1.165, 1.54) is 0 Å². The van der Waals surface area contributed by atoms with E-state index in [-0.39, 0.29) is 0 Å². The van der Waals surface area contributed by atoms with Crippen molar-refractivity contribution in [3.8, 4) is 0 Å². The first kappa shape index (κ1) is 24.8. The van der Waals surface area contributed by atoms with Gasteiger partial charge in [0.15, 0.2) is 0 Å². The lowest BCUT2D eigenvalue weighted by Gasteiger charge is -2.22. The molecule has 0 saturated carbocycles. The molecule has 2 rings (SSSR count). The Morgan fingerprint density at radius 1 is 0.533 bits per heavy atom. The van der Waals surface area contributed by atoms with Crippen molar-refractivity contribution in [2.45, 2.75) is 0 Å². The summed E-state index contributed by atoms with van der Waals surface area (Å²) < 4.78 is 0. The van der Waals surface area contributed by atoms with Gasteiger partial charge in [0.25, 0.3) is 0 Å². The third-order valence-electron chi connectivity index (χ3n) is 4.41. The maximum atomic E-state index is 5.87. The zero-order valence-electron chi connectivity index (χ0n) is 16.7. The molecule has 2 aromatic rings. The van der Waals surface area contributed by atoms with E-state index in [0.717, 1.165) is 48.7 Å². The standard InChI is InChI=1S/C22H26Cl4N4/c23-9-13-29(14-10-24)21-5-1-19(2-6-21)17-27-28-18-20-3-7-22(8-4-20)30(15-11-25)16-12-26/h1-8,17-18H,9-16H2/b27-17+,28-18+. The summed E-state index contributed by atoms with van der Waals surface area (Å²) >= 11 is 23.5. The van der Waals surface area contributed by atoms with E-state index in [4.69, 9.17) is 46.4 Å². The molecule has 0 heterocycles. The van der Waals surface area contributed by atoms with Crippen molar-refractivity contribution < 1.29 is 0 Å². The number of anilines is 2. The topological polar surface area (TPSA) is 31.2 Å². The van der Waals surface area contributed by atoms with Gasteiger partial charge in [-0.2, -0.15) is 10.2 Å². The summed E-state index contributed by atoms with van der Waals surface area (Å²) in [5, 5.41) is 8.29. The van der Waals surface area contributed by atoms with Crippen molar-refractivity contribution in [3.63, 3.8) is 0 Å². The van der Waals surface area contributed by atoms with Gasteiger partial charge in [-0.1, -0.05) is 24.3 Å². The van der Waals surface area contributed by atoms with Gasteiger partial charge in [-0.3, -0.25) is 0 Å². The van der Waals surface area contributed by atoms with Crippen LogP contribution in [-0.4, -0.2) is 62.1 Å². The Morgan fingerprint density at radius 3 is 1.10 bits per heavy atom. The van der Waals surface area contributed by atoms with Crippen LogP contribution in [0.3, 0.4) is 0 Å². The molecule has 162 valence electrons. The van der Waals surface area contributed by atoms with E-state index in [2.05, 4.69) is 20.0 Å². The maximum absolute atomic E-state index is 5.87. The van der Waals surface area contributed by atoms with Gasteiger partial charge in [0, 0.05) is 61.1 Å². The number of hydrogen-bond donors (Lipinski definition) is 0. The number of alkyl halides is 4. The number of hydrogen-bond acceptors (Lipinski definition) is 4. The van der Waals surface area contributed by atoms with Crippen molar-refractivity contribution in [2.24, 2.45) is 10.2 Å². The molecule has 0 aliphatic rings. The molecule has 0 atom stereocenters. The van der Waals surface area contributed by atoms with Crippen LogP contribution >= 0.6 is 46.4 Å². The first-order valence-electron chi connectivity index (χ1n) is 9.72. The molecule has 0 aliphatic carbocycles. The molecule has 0 fully saturated rings. The zero-order chi connectivity index (χ0) is 21.6. The van der Waals surface area contributed by atoms with E-state index in [1.54, 1.807) is 12.4 Å². The minimum absolute atomic E-state index is 0.563. The molecule has 0 unspecified atom stereocenters. The largest absolute Gasteiger partial charge is 0.369 e. The molecule has 0 amide bonds. The zero-order valence-corrected chi connectivity index (χ0v) is 19.8. The third kappa shape index (κ3) is 8.35. The van der Waals surface area contributed by atoms with Crippen LogP contribution in [0.1, 0.15) is 11.1 Å². The van der Waals surface area contributed by atoms with Gasteiger partial charge in [0.1, 0.15) is 0 Å². The first-order chi connectivity index (χ1) is 14.7. The van der Waals surface area contributed by atoms with Crippen molar-refractivity contribution in [1.29, 1.82) is 0 Å². The monoisotopic (exact) mass is 486 g/mol. The summed E-state index contributed by atoms with van der Waals surface area (Å²) in [6.07, 6.45) is 3.45. The van der Waals surface area contributed by atoms with E-state index >= 15 is 0 Å². The highest BCUT2D eigenvalue weighted by Crippen LogP contribution is 2.16. The fourth-order valence-electron chi connectivity index (χ4n) is 2.89. The van der Waals surface area contributed by atoms with Crippen LogP contribution in [0.25, 0.3) is 0 Å². The Kier molecular flexibility index (Phi) is 12.0. The van der Waals surface area contributed by atoms with Gasteiger partial charge < -0.3 is 9.80 Å². The van der Waals surface area contributed by atoms with Crippen molar-refractivity contribution in [2.75, 3.05) is 59.5 Å². The molecular formula is C22H26Cl4N4. The molecule has 0 aromatic heterocycles. The fraction of sp³-hybridized carbons (Fsp3) is 0.364. The molecule has 2 aromatic carbocycles. The second-order valence-electron chi connectivity index (χ2n) is 6.40. The average molecular weight is 488 g/mol. The van der Waals surface area contributed by atoms with Crippen LogP contribution in [-0.2, 0) is 0 Å². The normalized spacial score (nSPS) is 11.5. The third-order valence-corrected chi connectivity index (χ3v) is 5.09. The second-order valence-corrected chi connectivity index (χ2v) is 7.91. The van der Waals surface area contributed by atoms with E-state index in [1.807, 2.05) is 48.5 Å².